The quantitative estimate of drug-likeness (QED) is 0.888. The smallest absolute Gasteiger partial charge is 0.389 e. The van der Waals surface area contributed by atoms with E-state index >= 15 is 0 Å². The molecule has 2 N–H and O–H groups in total. The van der Waals surface area contributed by atoms with Gasteiger partial charge in [0.15, 0.2) is 0 Å². The van der Waals surface area contributed by atoms with Gasteiger partial charge < -0.3 is 5.11 Å². The third-order valence-electron chi connectivity index (χ3n) is 3.86. The van der Waals surface area contributed by atoms with Gasteiger partial charge in [-0.3, -0.25) is 0 Å². The molecule has 1 fully saturated rings. The van der Waals surface area contributed by atoms with E-state index in [-0.39, 0.29) is 6.54 Å². The van der Waals surface area contributed by atoms with Crippen LogP contribution in [0.25, 0.3) is 0 Å². The van der Waals surface area contributed by atoms with E-state index in [0.717, 1.165) is 37.5 Å². The molecule has 0 aromatic heterocycles. The Labute approximate surface area is 127 Å². The minimum absolute atomic E-state index is 0.276. The van der Waals surface area contributed by atoms with Gasteiger partial charge in [0.2, 0.25) is 10.0 Å². The number of benzene rings is 1. The molecular formula is C14H18F3NO3S. The van der Waals surface area contributed by atoms with Crippen molar-refractivity contribution in [2.45, 2.75) is 48.8 Å². The van der Waals surface area contributed by atoms with E-state index in [0.29, 0.717) is 12.8 Å². The summed E-state index contributed by atoms with van der Waals surface area (Å²) in [6.07, 6.45) is -1.36. The molecule has 1 aliphatic rings. The minimum Gasteiger partial charge on any atom is -0.389 e. The Hall–Kier alpha value is -1.12. The number of alkyl halides is 3. The predicted octanol–water partition coefficient (Wildman–Crippen LogP) is 2.68. The zero-order chi connectivity index (χ0) is 16.4. The Morgan fingerprint density at radius 1 is 1.14 bits per heavy atom. The Morgan fingerprint density at radius 3 is 2.32 bits per heavy atom. The van der Waals surface area contributed by atoms with Gasteiger partial charge in [0, 0.05) is 6.54 Å². The first-order chi connectivity index (χ1) is 10.1. The van der Waals surface area contributed by atoms with Crippen molar-refractivity contribution in [3.05, 3.63) is 29.8 Å². The Morgan fingerprint density at radius 2 is 1.73 bits per heavy atom. The first-order valence-electron chi connectivity index (χ1n) is 7.02. The van der Waals surface area contributed by atoms with Crippen LogP contribution in [-0.2, 0) is 16.2 Å². The van der Waals surface area contributed by atoms with Crippen LogP contribution in [0.2, 0.25) is 0 Å². The fraction of sp³-hybridized carbons (Fsp3) is 0.571. The number of sulfonamides is 1. The number of hydrogen-bond acceptors (Lipinski definition) is 3. The summed E-state index contributed by atoms with van der Waals surface area (Å²) in [5.74, 6) is 0. The van der Waals surface area contributed by atoms with E-state index in [9.17, 15) is 26.7 Å². The van der Waals surface area contributed by atoms with E-state index in [1.165, 1.54) is 6.07 Å². The standard InChI is InChI=1S/C14H18F3NO3S/c15-14(16,17)11-6-2-3-7-12(11)22(20,21)18-10-13(19)8-4-1-5-9-13/h2-3,6-7,18-19H,1,4-5,8-10H2. The molecule has 8 heteroatoms. The highest BCUT2D eigenvalue weighted by molar-refractivity contribution is 7.89. The summed E-state index contributed by atoms with van der Waals surface area (Å²) in [7, 11) is -4.34. The summed E-state index contributed by atoms with van der Waals surface area (Å²) < 4.78 is 65.2. The molecule has 0 heterocycles. The van der Waals surface area contributed by atoms with Crippen LogP contribution in [-0.4, -0.2) is 25.7 Å². The second kappa shape index (κ2) is 6.17. The highest BCUT2D eigenvalue weighted by Crippen LogP contribution is 2.34. The molecule has 124 valence electrons. The summed E-state index contributed by atoms with van der Waals surface area (Å²) in [6, 6.07) is 4.01. The normalized spacial score (nSPS) is 19.1. The van der Waals surface area contributed by atoms with Gasteiger partial charge in [0.1, 0.15) is 0 Å². The summed E-state index contributed by atoms with van der Waals surface area (Å²) in [5.41, 5.74) is -2.39. The third kappa shape index (κ3) is 3.99. The molecule has 0 amide bonds. The van der Waals surface area contributed by atoms with E-state index in [1.807, 2.05) is 0 Å². The van der Waals surface area contributed by atoms with Gasteiger partial charge in [0.05, 0.1) is 16.1 Å². The molecule has 0 spiro atoms. The van der Waals surface area contributed by atoms with Gasteiger partial charge in [-0.1, -0.05) is 31.4 Å². The second-order valence-corrected chi connectivity index (χ2v) is 7.34. The van der Waals surface area contributed by atoms with Gasteiger partial charge in [-0.15, -0.1) is 0 Å². The molecule has 2 rings (SSSR count). The SMILES string of the molecule is O=S(=O)(NCC1(O)CCCCC1)c1ccccc1C(F)(F)F. The molecular weight excluding hydrogens is 319 g/mol. The maximum atomic E-state index is 12.9. The predicted molar refractivity (Wildman–Crippen MR) is 74.7 cm³/mol. The van der Waals surface area contributed by atoms with Crippen LogP contribution in [0, 0.1) is 0 Å². The first-order valence-corrected chi connectivity index (χ1v) is 8.51. The van der Waals surface area contributed by atoms with Crippen molar-refractivity contribution < 1.29 is 26.7 Å². The van der Waals surface area contributed by atoms with Crippen molar-refractivity contribution in [1.82, 2.24) is 4.72 Å². The van der Waals surface area contributed by atoms with Gasteiger partial charge in [-0.05, 0) is 25.0 Å². The van der Waals surface area contributed by atoms with Gasteiger partial charge in [-0.2, -0.15) is 13.2 Å². The molecule has 4 nitrogen and oxygen atoms in total. The van der Waals surface area contributed by atoms with Gasteiger partial charge >= 0.3 is 6.18 Å². The van der Waals surface area contributed by atoms with Crippen molar-refractivity contribution in [1.29, 1.82) is 0 Å². The molecule has 0 atom stereocenters. The van der Waals surface area contributed by atoms with E-state index in [1.54, 1.807) is 0 Å². The number of hydrogen-bond donors (Lipinski definition) is 2. The van der Waals surface area contributed by atoms with Crippen LogP contribution >= 0.6 is 0 Å². The van der Waals surface area contributed by atoms with Crippen molar-refractivity contribution in [3.8, 4) is 0 Å². The molecule has 22 heavy (non-hydrogen) atoms. The zero-order valence-electron chi connectivity index (χ0n) is 11.9. The minimum atomic E-state index is -4.76. The Bertz CT molecular complexity index is 622. The first kappa shape index (κ1) is 17.2. The highest BCUT2D eigenvalue weighted by atomic mass is 32.2. The van der Waals surface area contributed by atoms with E-state index in [2.05, 4.69) is 4.72 Å². The summed E-state index contributed by atoms with van der Waals surface area (Å²) in [4.78, 5) is -0.818. The highest BCUT2D eigenvalue weighted by Gasteiger charge is 2.38. The van der Waals surface area contributed by atoms with Crippen molar-refractivity contribution in [3.63, 3.8) is 0 Å². The number of nitrogens with one attached hydrogen (secondary N) is 1. The average Bonchev–Trinajstić information content (AvgIpc) is 2.45. The van der Waals surface area contributed by atoms with Gasteiger partial charge in [-0.25, -0.2) is 13.1 Å². The van der Waals surface area contributed by atoms with E-state index in [4.69, 9.17) is 0 Å². The molecule has 0 unspecified atom stereocenters. The van der Waals surface area contributed by atoms with Crippen molar-refractivity contribution in [2.24, 2.45) is 0 Å². The van der Waals surface area contributed by atoms with E-state index < -0.39 is 32.3 Å². The molecule has 1 aliphatic carbocycles. The molecule has 1 saturated carbocycles. The van der Waals surface area contributed by atoms with Crippen molar-refractivity contribution >= 4 is 10.0 Å². The molecule has 1 aromatic rings. The van der Waals surface area contributed by atoms with Crippen LogP contribution in [0.15, 0.2) is 29.2 Å². The van der Waals surface area contributed by atoms with Gasteiger partial charge in [0.25, 0.3) is 0 Å². The van der Waals surface area contributed by atoms with Crippen LogP contribution < -0.4 is 4.72 Å². The summed E-state index contributed by atoms with van der Waals surface area (Å²) >= 11 is 0. The Kier molecular flexibility index (Phi) is 4.84. The van der Waals surface area contributed by atoms with Crippen LogP contribution in [0.3, 0.4) is 0 Å². The lowest BCUT2D eigenvalue weighted by atomic mass is 9.85. The van der Waals surface area contributed by atoms with Crippen LogP contribution in [0.4, 0.5) is 13.2 Å². The monoisotopic (exact) mass is 337 g/mol. The lowest BCUT2D eigenvalue weighted by Gasteiger charge is -2.32. The summed E-state index contributed by atoms with van der Waals surface area (Å²) in [6.45, 7) is -0.276. The fourth-order valence-corrected chi connectivity index (χ4v) is 3.97. The van der Waals surface area contributed by atoms with Crippen molar-refractivity contribution in [2.75, 3.05) is 6.54 Å². The lowest BCUT2D eigenvalue weighted by Crippen LogP contribution is -2.44. The van der Waals surface area contributed by atoms with Crippen LogP contribution in [0.1, 0.15) is 37.7 Å². The second-order valence-electron chi connectivity index (χ2n) is 5.60. The molecule has 1 aromatic carbocycles. The number of rotatable bonds is 4. The average molecular weight is 337 g/mol. The number of halogens is 3. The fourth-order valence-electron chi connectivity index (χ4n) is 2.63. The largest absolute Gasteiger partial charge is 0.417 e. The molecule has 0 radical (unpaired) electrons. The maximum absolute atomic E-state index is 12.9. The Balaban J connectivity index is 2.21. The third-order valence-corrected chi connectivity index (χ3v) is 5.32. The molecule has 0 aliphatic heterocycles. The number of aliphatic hydroxyl groups is 1. The summed E-state index contributed by atoms with van der Waals surface area (Å²) in [5, 5.41) is 10.3. The zero-order valence-corrected chi connectivity index (χ0v) is 12.7. The molecule has 0 bridgehead atoms. The maximum Gasteiger partial charge on any atom is 0.417 e. The lowest BCUT2D eigenvalue weighted by molar-refractivity contribution is -0.139. The van der Waals surface area contributed by atoms with Crippen LogP contribution in [0.5, 0.6) is 0 Å². The molecule has 0 saturated heterocycles. The topological polar surface area (TPSA) is 66.4 Å².